The summed E-state index contributed by atoms with van der Waals surface area (Å²) in [4.78, 5) is 36.7. The Morgan fingerprint density at radius 3 is 2.30 bits per heavy atom. The van der Waals surface area contributed by atoms with Gasteiger partial charge in [0.1, 0.15) is 29.9 Å². The van der Waals surface area contributed by atoms with Crippen LogP contribution in [0.2, 0.25) is 0 Å². The van der Waals surface area contributed by atoms with Gasteiger partial charge in [0, 0.05) is 18.6 Å². The minimum Gasteiger partial charge on any atom is -0.496 e. The van der Waals surface area contributed by atoms with Gasteiger partial charge in [0.25, 0.3) is 0 Å². The number of ether oxygens (including phenoxy) is 4. The Bertz CT molecular complexity index is 1380. The van der Waals surface area contributed by atoms with Crippen molar-refractivity contribution in [2.24, 2.45) is 0 Å². The molecule has 0 unspecified atom stereocenters. The Kier molecular flexibility index (Phi) is 9.11. The highest BCUT2D eigenvalue weighted by molar-refractivity contribution is 5.82. The van der Waals surface area contributed by atoms with E-state index in [2.05, 4.69) is 22.8 Å². The number of carbonyl (C=O) groups excluding carboxylic acids is 2. The normalized spacial score (nSPS) is 12.0. The van der Waals surface area contributed by atoms with Crippen LogP contribution >= 0.6 is 0 Å². The number of hydrogen-bond acceptors (Lipinski definition) is 7. The summed E-state index contributed by atoms with van der Waals surface area (Å²) in [6.45, 7) is 0.0923. The third kappa shape index (κ3) is 6.45. The molecule has 2 amide bonds. The zero-order valence-electron chi connectivity index (χ0n) is 22.6. The van der Waals surface area contributed by atoms with Gasteiger partial charge in [-0.1, -0.05) is 42.5 Å². The van der Waals surface area contributed by atoms with Crippen LogP contribution in [-0.2, 0) is 33.9 Å². The summed E-state index contributed by atoms with van der Waals surface area (Å²) in [5.41, 5.74) is 6.04. The summed E-state index contributed by atoms with van der Waals surface area (Å²) in [6.07, 6.45) is -0.381. The summed E-state index contributed by atoms with van der Waals surface area (Å²) >= 11 is 0. The molecular formula is C30H32N2O8. The van der Waals surface area contributed by atoms with Crippen LogP contribution in [0.5, 0.6) is 17.2 Å². The number of rotatable bonds is 12. The number of aliphatic carboxylic acids is 1. The van der Waals surface area contributed by atoms with Gasteiger partial charge in [-0.05, 0) is 40.7 Å². The molecule has 1 aliphatic rings. The smallest absolute Gasteiger partial charge is 0.408 e. The zero-order valence-corrected chi connectivity index (χ0v) is 22.6. The molecule has 3 aromatic rings. The zero-order chi connectivity index (χ0) is 28.6. The number of methoxy groups -OCH3 is 3. The first-order chi connectivity index (χ1) is 19.3. The van der Waals surface area contributed by atoms with Gasteiger partial charge >= 0.3 is 12.1 Å². The van der Waals surface area contributed by atoms with Crippen LogP contribution in [0.15, 0.2) is 54.6 Å². The van der Waals surface area contributed by atoms with E-state index in [0.717, 1.165) is 28.7 Å². The Morgan fingerprint density at radius 2 is 1.62 bits per heavy atom. The summed E-state index contributed by atoms with van der Waals surface area (Å²) in [7, 11) is 4.50. The summed E-state index contributed by atoms with van der Waals surface area (Å²) in [5.74, 6) is -0.192. The lowest BCUT2D eigenvalue weighted by Gasteiger charge is -2.17. The SMILES string of the molecule is COc1cc(OC)c(CNC(=O)CC[C@H](NC(=O)OCc2cccc3c2Cc2ccccc2-3)C(=O)O)c(OC)c1. The van der Waals surface area contributed by atoms with E-state index in [1.54, 1.807) is 12.1 Å². The van der Waals surface area contributed by atoms with E-state index in [1.807, 2.05) is 30.3 Å². The van der Waals surface area contributed by atoms with Crippen LogP contribution in [0.3, 0.4) is 0 Å². The molecule has 10 heteroatoms. The van der Waals surface area contributed by atoms with E-state index in [4.69, 9.17) is 18.9 Å². The molecular weight excluding hydrogens is 516 g/mol. The molecule has 3 aromatic carbocycles. The molecule has 0 bridgehead atoms. The van der Waals surface area contributed by atoms with E-state index in [9.17, 15) is 19.5 Å². The Morgan fingerprint density at radius 1 is 0.925 bits per heavy atom. The Hall–Kier alpha value is -4.73. The van der Waals surface area contributed by atoms with Gasteiger partial charge < -0.3 is 34.7 Å². The van der Waals surface area contributed by atoms with Crippen LogP contribution in [0.4, 0.5) is 4.79 Å². The lowest BCUT2D eigenvalue weighted by Crippen LogP contribution is -2.41. The summed E-state index contributed by atoms with van der Waals surface area (Å²) < 4.78 is 21.4. The molecule has 3 N–H and O–H groups in total. The van der Waals surface area contributed by atoms with Crippen molar-refractivity contribution in [3.05, 3.63) is 76.9 Å². The molecule has 1 atom stereocenters. The maximum Gasteiger partial charge on any atom is 0.408 e. The minimum atomic E-state index is -1.30. The second kappa shape index (κ2) is 12.9. The van der Waals surface area contributed by atoms with Crippen LogP contribution in [-0.4, -0.2) is 50.4 Å². The van der Waals surface area contributed by atoms with Gasteiger partial charge in [0.15, 0.2) is 0 Å². The monoisotopic (exact) mass is 548 g/mol. The summed E-state index contributed by atoms with van der Waals surface area (Å²) in [6, 6.07) is 16.0. The van der Waals surface area contributed by atoms with E-state index in [1.165, 1.54) is 26.9 Å². The molecule has 0 spiro atoms. The molecule has 4 rings (SSSR count). The highest BCUT2D eigenvalue weighted by Crippen LogP contribution is 2.38. The van der Waals surface area contributed by atoms with Crippen LogP contribution < -0.4 is 24.8 Å². The largest absolute Gasteiger partial charge is 0.496 e. The van der Waals surface area contributed by atoms with Gasteiger partial charge in [0.2, 0.25) is 5.91 Å². The number of nitrogens with one attached hydrogen (secondary N) is 2. The molecule has 0 fully saturated rings. The number of hydrogen-bond donors (Lipinski definition) is 3. The van der Waals surface area contributed by atoms with Gasteiger partial charge in [0.05, 0.1) is 33.4 Å². The van der Waals surface area contributed by atoms with Crippen LogP contribution in [0, 0.1) is 0 Å². The molecule has 0 aromatic heterocycles. The predicted molar refractivity (Wildman–Crippen MR) is 147 cm³/mol. The quantitative estimate of drug-likeness (QED) is 0.242. The first-order valence-electron chi connectivity index (χ1n) is 12.7. The molecule has 0 heterocycles. The average Bonchev–Trinajstić information content (AvgIpc) is 3.35. The fourth-order valence-electron chi connectivity index (χ4n) is 4.75. The maximum absolute atomic E-state index is 12.5. The van der Waals surface area contributed by atoms with E-state index in [-0.39, 0.29) is 26.0 Å². The minimum absolute atomic E-state index is 0.00134. The fourth-order valence-corrected chi connectivity index (χ4v) is 4.75. The van der Waals surface area contributed by atoms with E-state index in [0.29, 0.717) is 22.8 Å². The first kappa shape index (κ1) is 28.3. The molecule has 40 heavy (non-hydrogen) atoms. The third-order valence-electron chi connectivity index (χ3n) is 6.84. The number of carboxylic acid groups (broad SMARTS) is 1. The number of benzene rings is 3. The van der Waals surface area contributed by atoms with E-state index >= 15 is 0 Å². The fraction of sp³-hybridized carbons (Fsp3) is 0.300. The van der Waals surface area contributed by atoms with Crippen molar-refractivity contribution in [3.63, 3.8) is 0 Å². The number of amides is 2. The van der Waals surface area contributed by atoms with Crippen molar-refractivity contribution >= 4 is 18.0 Å². The molecule has 0 saturated carbocycles. The maximum atomic E-state index is 12.5. The van der Waals surface area contributed by atoms with Crippen molar-refractivity contribution < 1.29 is 38.4 Å². The number of fused-ring (bicyclic) bond motifs is 3. The van der Waals surface area contributed by atoms with Crippen molar-refractivity contribution in [3.8, 4) is 28.4 Å². The summed E-state index contributed by atoms with van der Waals surface area (Å²) in [5, 5.41) is 14.7. The van der Waals surface area contributed by atoms with E-state index < -0.39 is 24.0 Å². The topological polar surface area (TPSA) is 132 Å². The Labute approximate surface area is 232 Å². The molecule has 210 valence electrons. The molecule has 0 saturated heterocycles. The molecule has 10 nitrogen and oxygen atoms in total. The number of carbonyl (C=O) groups is 3. The second-order valence-corrected chi connectivity index (χ2v) is 9.21. The average molecular weight is 549 g/mol. The predicted octanol–water partition coefficient (Wildman–Crippen LogP) is 4.06. The molecule has 0 aliphatic heterocycles. The van der Waals surface area contributed by atoms with Crippen molar-refractivity contribution in [1.29, 1.82) is 0 Å². The van der Waals surface area contributed by atoms with Crippen molar-refractivity contribution in [1.82, 2.24) is 10.6 Å². The standard InChI is InChI=1S/C30H32N2O8/c1-37-20-14-26(38-2)24(27(15-20)39-3)16-31-28(33)12-11-25(29(34)35)32-30(36)40-17-19-8-6-10-22-21-9-5-4-7-18(21)13-23(19)22/h4-10,14-15,25H,11-13,16-17H2,1-3H3,(H,31,33)(H,32,36)(H,34,35)/t25-/m0/s1. The lowest BCUT2D eigenvalue weighted by molar-refractivity contribution is -0.139. The van der Waals surface area contributed by atoms with Gasteiger partial charge in [-0.15, -0.1) is 0 Å². The number of alkyl carbamates (subject to hydrolysis) is 1. The van der Waals surface area contributed by atoms with Crippen molar-refractivity contribution in [2.75, 3.05) is 21.3 Å². The molecule has 1 aliphatic carbocycles. The third-order valence-corrected chi connectivity index (χ3v) is 6.84. The van der Waals surface area contributed by atoms with Crippen LogP contribution in [0.1, 0.15) is 35.1 Å². The molecule has 0 radical (unpaired) electrons. The van der Waals surface area contributed by atoms with Gasteiger partial charge in [-0.25, -0.2) is 9.59 Å². The number of carboxylic acids is 1. The first-order valence-corrected chi connectivity index (χ1v) is 12.7. The van der Waals surface area contributed by atoms with Gasteiger partial charge in [-0.2, -0.15) is 0 Å². The van der Waals surface area contributed by atoms with Crippen molar-refractivity contribution in [2.45, 2.75) is 38.5 Å². The van der Waals surface area contributed by atoms with Crippen LogP contribution in [0.25, 0.3) is 11.1 Å². The Balaban J connectivity index is 1.29. The second-order valence-electron chi connectivity index (χ2n) is 9.21. The highest BCUT2D eigenvalue weighted by atomic mass is 16.5. The van der Waals surface area contributed by atoms with Gasteiger partial charge in [-0.3, -0.25) is 4.79 Å². The lowest BCUT2D eigenvalue weighted by atomic mass is 10.0. The highest BCUT2D eigenvalue weighted by Gasteiger charge is 2.24.